The molecule has 5 aromatic rings. The number of benzene rings is 4. The summed E-state index contributed by atoms with van der Waals surface area (Å²) in [6.07, 6.45) is 17.0. The van der Waals surface area contributed by atoms with Crippen molar-refractivity contribution in [3.63, 3.8) is 0 Å². The van der Waals surface area contributed by atoms with E-state index in [0.717, 1.165) is 59.2 Å². The van der Waals surface area contributed by atoms with Gasteiger partial charge >= 0.3 is 0 Å². The minimum atomic E-state index is 0.939. The van der Waals surface area contributed by atoms with Crippen molar-refractivity contribution in [2.24, 2.45) is 0 Å². The predicted molar refractivity (Wildman–Crippen MR) is 172 cm³/mol. The van der Waals surface area contributed by atoms with Gasteiger partial charge in [-0.15, -0.1) is 0 Å². The predicted octanol–water partition coefficient (Wildman–Crippen LogP) is 10.7. The van der Waals surface area contributed by atoms with Gasteiger partial charge in [-0.25, -0.2) is 0 Å². The summed E-state index contributed by atoms with van der Waals surface area (Å²) in [7, 11) is 0. The maximum atomic E-state index is 6.61. The van der Waals surface area contributed by atoms with Crippen LogP contribution in [0.2, 0.25) is 0 Å². The molecule has 1 aromatic heterocycles. The first-order valence-corrected chi connectivity index (χ1v) is 14.2. The molecule has 0 aliphatic heterocycles. The molecule has 0 amide bonds. The normalized spacial score (nSPS) is 13.9. The molecule has 2 nitrogen and oxygen atoms in total. The number of fused-ring (bicyclic) bond motifs is 6. The number of hydrogen-bond donors (Lipinski definition) is 0. The molecule has 40 heavy (non-hydrogen) atoms. The number of furan rings is 1. The van der Waals surface area contributed by atoms with E-state index in [1.54, 1.807) is 6.08 Å². The first-order chi connectivity index (χ1) is 19.7. The van der Waals surface area contributed by atoms with Crippen LogP contribution in [0.25, 0.3) is 33.7 Å². The smallest absolute Gasteiger partial charge is 0.159 e. The van der Waals surface area contributed by atoms with Crippen molar-refractivity contribution in [1.29, 1.82) is 0 Å². The number of hydrogen-bond acceptors (Lipinski definition) is 2. The molecule has 1 heterocycles. The average Bonchev–Trinajstić information content (AvgIpc) is 3.40. The molecule has 198 valence electrons. The Kier molecular flexibility index (Phi) is 7.25. The molecule has 0 fully saturated rings. The largest absolute Gasteiger partial charge is 0.454 e. The van der Waals surface area contributed by atoms with Crippen LogP contribution in [-0.4, -0.2) is 0 Å². The molecule has 2 aliphatic carbocycles. The van der Waals surface area contributed by atoms with Crippen molar-refractivity contribution in [2.75, 3.05) is 4.90 Å². The molecule has 2 aliphatic rings. The molecule has 0 saturated carbocycles. The van der Waals surface area contributed by atoms with E-state index in [-0.39, 0.29) is 0 Å². The van der Waals surface area contributed by atoms with E-state index in [4.69, 9.17) is 4.42 Å². The lowest BCUT2D eigenvalue weighted by molar-refractivity contribution is 0.666. The third-order valence-electron chi connectivity index (χ3n) is 7.86. The van der Waals surface area contributed by atoms with Gasteiger partial charge in [-0.05, 0) is 80.0 Å². The van der Waals surface area contributed by atoms with Gasteiger partial charge in [0.2, 0.25) is 0 Å². The van der Waals surface area contributed by atoms with Crippen LogP contribution in [0, 0.1) is 6.92 Å². The van der Waals surface area contributed by atoms with Crippen molar-refractivity contribution in [3.05, 3.63) is 144 Å². The lowest BCUT2D eigenvalue weighted by Crippen LogP contribution is -2.20. The molecule has 2 heteroatoms. The SMILES string of the molecule is C=C/C=C\C.Cc1cccc2c1oc1c(N(C3=CCCc4c3ccc3c4CCC=C3)c3ccccc3)cccc12. The second-order valence-electron chi connectivity index (χ2n) is 10.4. The van der Waals surface area contributed by atoms with E-state index >= 15 is 0 Å². The number of nitrogens with zero attached hydrogens (tertiary/aromatic N) is 1. The van der Waals surface area contributed by atoms with Gasteiger partial charge in [0, 0.05) is 27.7 Å². The zero-order valence-corrected chi connectivity index (χ0v) is 23.4. The highest BCUT2D eigenvalue weighted by Crippen LogP contribution is 2.45. The quantitative estimate of drug-likeness (QED) is 0.219. The molecule has 7 rings (SSSR count). The fourth-order valence-electron chi connectivity index (χ4n) is 6.04. The monoisotopic (exact) mass is 521 g/mol. The summed E-state index contributed by atoms with van der Waals surface area (Å²) >= 11 is 0. The van der Waals surface area contributed by atoms with Gasteiger partial charge in [0.1, 0.15) is 5.58 Å². The van der Waals surface area contributed by atoms with Gasteiger partial charge in [0.05, 0.1) is 5.69 Å². The number of anilines is 2. The second kappa shape index (κ2) is 11.3. The second-order valence-corrected chi connectivity index (χ2v) is 10.4. The first kappa shape index (κ1) is 25.7. The number of para-hydroxylation sites is 3. The van der Waals surface area contributed by atoms with Crippen LogP contribution in [0.15, 0.2) is 120 Å². The molecule has 4 aromatic carbocycles. The van der Waals surface area contributed by atoms with Crippen molar-refractivity contribution >= 4 is 45.1 Å². The third-order valence-corrected chi connectivity index (χ3v) is 7.86. The Bertz CT molecular complexity index is 1780. The molecule has 0 radical (unpaired) electrons. The van der Waals surface area contributed by atoms with Gasteiger partial charge in [-0.2, -0.15) is 0 Å². The van der Waals surface area contributed by atoms with Gasteiger partial charge in [0.15, 0.2) is 5.58 Å². The lowest BCUT2D eigenvalue weighted by Gasteiger charge is -2.32. The van der Waals surface area contributed by atoms with E-state index in [9.17, 15) is 0 Å². The van der Waals surface area contributed by atoms with Gasteiger partial charge in [-0.3, -0.25) is 0 Å². The number of rotatable bonds is 4. The van der Waals surface area contributed by atoms with Crippen molar-refractivity contribution in [1.82, 2.24) is 0 Å². The Labute approximate surface area is 237 Å². The van der Waals surface area contributed by atoms with Gasteiger partial charge < -0.3 is 9.32 Å². The standard InChI is InChI=1S/C33H27NO.C5H8/c1-22-10-7-16-28-29-17-9-19-31(33(29)35-32(22)28)34(24-12-3-2-4-13-24)30-18-8-15-26-25-14-6-5-11-23(25)20-21-27(26)30;1-3-5-4-2/h2-5,7,9-13,16-21H,6,8,14-15H2,1H3;3-5H,1H2,2H3/b;5-4-. The first-order valence-electron chi connectivity index (χ1n) is 14.2. The Balaban J connectivity index is 0.000000534. The van der Waals surface area contributed by atoms with E-state index < -0.39 is 0 Å². The van der Waals surface area contributed by atoms with Crippen LogP contribution >= 0.6 is 0 Å². The van der Waals surface area contributed by atoms with Crippen LogP contribution in [0.4, 0.5) is 11.4 Å². The molecule has 0 spiro atoms. The van der Waals surface area contributed by atoms with Crippen LogP contribution in [-0.2, 0) is 12.8 Å². The summed E-state index contributed by atoms with van der Waals surface area (Å²) < 4.78 is 6.61. The number of allylic oxidation sites excluding steroid dienone is 5. The zero-order chi connectivity index (χ0) is 27.5. The average molecular weight is 522 g/mol. The summed E-state index contributed by atoms with van der Waals surface area (Å²) in [5.41, 5.74) is 12.3. The molecule has 0 N–H and O–H groups in total. The van der Waals surface area contributed by atoms with Crippen molar-refractivity contribution in [3.8, 4) is 0 Å². The summed E-state index contributed by atoms with van der Waals surface area (Å²) in [4.78, 5) is 2.41. The summed E-state index contributed by atoms with van der Waals surface area (Å²) in [6, 6.07) is 28.3. The molecule has 0 saturated heterocycles. The Morgan fingerprint density at radius 2 is 1.57 bits per heavy atom. The molecular weight excluding hydrogens is 486 g/mol. The van der Waals surface area contributed by atoms with Crippen molar-refractivity contribution < 1.29 is 4.42 Å². The number of aryl methyl sites for hydroxylation is 1. The third kappa shape index (κ3) is 4.60. The fourth-order valence-corrected chi connectivity index (χ4v) is 6.04. The summed E-state index contributed by atoms with van der Waals surface area (Å²) in [5.74, 6) is 0. The Morgan fingerprint density at radius 3 is 2.35 bits per heavy atom. The Hall–Kier alpha value is -4.56. The van der Waals surface area contributed by atoms with Crippen LogP contribution < -0.4 is 4.90 Å². The maximum absolute atomic E-state index is 6.61. The molecule has 0 unspecified atom stereocenters. The van der Waals surface area contributed by atoms with E-state index in [1.165, 1.54) is 33.3 Å². The minimum absolute atomic E-state index is 0.939. The topological polar surface area (TPSA) is 16.4 Å². The lowest BCUT2D eigenvalue weighted by atomic mass is 9.83. The van der Waals surface area contributed by atoms with E-state index in [0.29, 0.717) is 0 Å². The maximum Gasteiger partial charge on any atom is 0.159 e. The minimum Gasteiger partial charge on any atom is -0.454 e. The zero-order valence-electron chi connectivity index (χ0n) is 23.4. The van der Waals surface area contributed by atoms with Gasteiger partial charge in [0.25, 0.3) is 0 Å². The highest BCUT2D eigenvalue weighted by Gasteiger charge is 2.26. The summed E-state index contributed by atoms with van der Waals surface area (Å²) in [5, 5.41) is 2.34. The van der Waals surface area contributed by atoms with E-state index in [2.05, 4.69) is 115 Å². The van der Waals surface area contributed by atoms with Crippen LogP contribution in [0.3, 0.4) is 0 Å². The van der Waals surface area contributed by atoms with Crippen molar-refractivity contribution in [2.45, 2.75) is 39.5 Å². The molecule has 0 atom stereocenters. The summed E-state index contributed by atoms with van der Waals surface area (Å²) in [6.45, 7) is 7.55. The Morgan fingerprint density at radius 1 is 0.800 bits per heavy atom. The molecular formula is C38H35NO. The van der Waals surface area contributed by atoms with Crippen LogP contribution in [0.1, 0.15) is 47.6 Å². The van der Waals surface area contributed by atoms with Crippen LogP contribution in [0.5, 0.6) is 0 Å². The highest BCUT2D eigenvalue weighted by molar-refractivity contribution is 6.11. The highest BCUT2D eigenvalue weighted by atomic mass is 16.3. The van der Waals surface area contributed by atoms with Gasteiger partial charge in [-0.1, -0.05) is 104 Å². The van der Waals surface area contributed by atoms with E-state index in [1.807, 2.05) is 19.1 Å². The molecule has 0 bridgehead atoms. The fraction of sp³-hybridized carbons (Fsp3) is 0.158.